The second-order valence-electron chi connectivity index (χ2n) is 7.45. The number of guanidine groups is 1. The van der Waals surface area contributed by atoms with E-state index in [9.17, 15) is 0 Å². The Morgan fingerprint density at radius 1 is 1.18 bits per heavy atom. The van der Waals surface area contributed by atoms with Crippen molar-refractivity contribution in [2.45, 2.75) is 60.4 Å². The summed E-state index contributed by atoms with van der Waals surface area (Å²) in [5, 5.41) is 6.71. The van der Waals surface area contributed by atoms with E-state index in [2.05, 4.69) is 64.1 Å². The molecule has 2 rings (SSSR count). The van der Waals surface area contributed by atoms with Crippen LogP contribution in [-0.2, 0) is 19.6 Å². The van der Waals surface area contributed by atoms with Crippen molar-refractivity contribution in [3.05, 3.63) is 47.5 Å². The van der Waals surface area contributed by atoms with Crippen molar-refractivity contribution in [3.8, 4) is 5.75 Å². The monoisotopic (exact) mass is 499 g/mol. The molecule has 6 nitrogen and oxygen atoms in total. The summed E-state index contributed by atoms with van der Waals surface area (Å²) in [4.78, 5) is 8.77. The van der Waals surface area contributed by atoms with Gasteiger partial charge in [-0.25, -0.2) is 4.98 Å². The number of ether oxygens (including phenoxy) is 1. The molecule has 0 fully saturated rings. The first kappa shape index (κ1) is 24.3. The smallest absolute Gasteiger partial charge is 0.191 e. The molecule has 0 aliphatic carbocycles. The Balaban J connectivity index is 0.00000392. The Morgan fingerprint density at radius 3 is 2.54 bits per heavy atom. The standard InChI is InChI=1S/C21H33N5O.HI/c1-15(2)14-26-10-9-23-20(26)13-25-21(22-6)24-12-18-8-7-17(5)11-19(18)27-16(3)4;/h7-11,15-16H,12-14H2,1-6H3,(H2,22,24,25);1H. The van der Waals surface area contributed by atoms with Gasteiger partial charge in [0, 0.05) is 38.1 Å². The molecule has 156 valence electrons. The predicted octanol–water partition coefficient (Wildman–Crippen LogP) is 4.12. The average Bonchev–Trinajstić information content (AvgIpc) is 3.02. The zero-order valence-electron chi connectivity index (χ0n) is 17.8. The van der Waals surface area contributed by atoms with Crippen LogP contribution in [0.25, 0.3) is 0 Å². The van der Waals surface area contributed by atoms with Gasteiger partial charge in [0.25, 0.3) is 0 Å². The number of nitrogens with one attached hydrogen (secondary N) is 2. The second kappa shape index (κ2) is 11.9. The fraction of sp³-hybridized carbons (Fsp3) is 0.524. The van der Waals surface area contributed by atoms with Gasteiger partial charge in [0.2, 0.25) is 0 Å². The second-order valence-corrected chi connectivity index (χ2v) is 7.45. The minimum Gasteiger partial charge on any atom is -0.491 e. The maximum atomic E-state index is 5.95. The molecule has 0 amide bonds. The summed E-state index contributed by atoms with van der Waals surface area (Å²) in [5.74, 6) is 3.24. The number of hydrogen-bond acceptors (Lipinski definition) is 3. The first-order chi connectivity index (χ1) is 12.9. The fourth-order valence-electron chi connectivity index (χ4n) is 2.80. The first-order valence-corrected chi connectivity index (χ1v) is 9.59. The summed E-state index contributed by atoms with van der Waals surface area (Å²) < 4.78 is 8.13. The third-order valence-electron chi connectivity index (χ3n) is 4.03. The average molecular weight is 499 g/mol. The number of benzene rings is 1. The lowest BCUT2D eigenvalue weighted by Crippen LogP contribution is -2.37. The molecule has 0 radical (unpaired) electrons. The Labute approximate surface area is 186 Å². The molecule has 0 aliphatic heterocycles. The van der Waals surface area contributed by atoms with Gasteiger partial charge in [0.15, 0.2) is 5.96 Å². The Morgan fingerprint density at radius 2 is 1.89 bits per heavy atom. The number of nitrogens with zero attached hydrogens (tertiary/aromatic N) is 3. The maximum absolute atomic E-state index is 5.95. The molecular weight excluding hydrogens is 465 g/mol. The van der Waals surface area contributed by atoms with Crippen LogP contribution in [0.3, 0.4) is 0 Å². The predicted molar refractivity (Wildman–Crippen MR) is 126 cm³/mol. The quantitative estimate of drug-likeness (QED) is 0.326. The first-order valence-electron chi connectivity index (χ1n) is 9.59. The van der Waals surface area contributed by atoms with Crippen LogP contribution in [0.2, 0.25) is 0 Å². The Kier molecular flexibility index (Phi) is 10.3. The summed E-state index contributed by atoms with van der Waals surface area (Å²) in [7, 11) is 1.77. The number of halogens is 1. The lowest BCUT2D eigenvalue weighted by Gasteiger charge is -2.17. The van der Waals surface area contributed by atoms with E-state index in [-0.39, 0.29) is 30.1 Å². The van der Waals surface area contributed by atoms with Gasteiger partial charge in [-0.3, -0.25) is 4.99 Å². The molecule has 0 bridgehead atoms. The summed E-state index contributed by atoms with van der Waals surface area (Å²) >= 11 is 0. The number of aryl methyl sites for hydroxylation is 1. The Bertz CT molecular complexity index is 755. The molecule has 1 heterocycles. The minimum absolute atomic E-state index is 0. The van der Waals surface area contributed by atoms with E-state index in [1.807, 2.05) is 26.2 Å². The van der Waals surface area contributed by atoms with Gasteiger partial charge in [-0.1, -0.05) is 26.0 Å². The highest BCUT2D eigenvalue weighted by atomic mass is 127. The molecule has 0 unspecified atom stereocenters. The highest BCUT2D eigenvalue weighted by Crippen LogP contribution is 2.21. The number of aromatic nitrogens is 2. The molecule has 7 heteroatoms. The molecule has 2 aromatic rings. The van der Waals surface area contributed by atoms with E-state index in [1.165, 1.54) is 5.56 Å². The maximum Gasteiger partial charge on any atom is 0.191 e. The lowest BCUT2D eigenvalue weighted by molar-refractivity contribution is 0.239. The summed E-state index contributed by atoms with van der Waals surface area (Å²) in [6.45, 7) is 12.8. The van der Waals surface area contributed by atoms with Gasteiger partial charge < -0.3 is 19.9 Å². The van der Waals surface area contributed by atoms with E-state index < -0.39 is 0 Å². The van der Waals surface area contributed by atoms with Gasteiger partial charge in [-0.2, -0.15) is 0 Å². The van der Waals surface area contributed by atoms with Gasteiger partial charge in [0.05, 0.1) is 12.6 Å². The highest BCUT2D eigenvalue weighted by molar-refractivity contribution is 14.0. The van der Waals surface area contributed by atoms with Gasteiger partial charge in [-0.05, 0) is 38.3 Å². The fourth-order valence-corrected chi connectivity index (χ4v) is 2.80. The van der Waals surface area contributed by atoms with E-state index in [1.54, 1.807) is 7.05 Å². The van der Waals surface area contributed by atoms with E-state index >= 15 is 0 Å². The molecule has 0 saturated carbocycles. The molecule has 0 spiro atoms. The summed E-state index contributed by atoms with van der Waals surface area (Å²) in [6, 6.07) is 6.28. The number of hydrogen-bond donors (Lipinski definition) is 2. The van der Waals surface area contributed by atoms with Crippen molar-refractivity contribution in [1.29, 1.82) is 0 Å². The highest BCUT2D eigenvalue weighted by Gasteiger charge is 2.09. The molecule has 0 saturated heterocycles. The molecular formula is C21H34IN5O. The SMILES string of the molecule is CN=C(NCc1ccc(C)cc1OC(C)C)NCc1nccn1CC(C)C.I. The van der Waals surface area contributed by atoms with Crippen molar-refractivity contribution in [3.63, 3.8) is 0 Å². The van der Waals surface area contributed by atoms with Crippen molar-refractivity contribution < 1.29 is 4.74 Å². The van der Waals surface area contributed by atoms with Crippen LogP contribution < -0.4 is 15.4 Å². The molecule has 2 N–H and O–H groups in total. The summed E-state index contributed by atoms with van der Waals surface area (Å²) in [6.07, 6.45) is 4.01. The van der Waals surface area contributed by atoms with Crippen LogP contribution in [0, 0.1) is 12.8 Å². The third kappa shape index (κ3) is 7.69. The lowest BCUT2D eigenvalue weighted by atomic mass is 10.1. The molecule has 1 aromatic carbocycles. The number of aliphatic imine (C=N–C) groups is 1. The van der Waals surface area contributed by atoms with E-state index in [0.717, 1.165) is 29.6 Å². The van der Waals surface area contributed by atoms with Gasteiger partial charge in [-0.15, -0.1) is 24.0 Å². The molecule has 1 aromatic heterocycles. The van der Waals surface area contributed by atoms with Crippen molar-refractivity contribution in [1.82, 2.24) is 20.2 Å². The van der Waals surface area contributed by atoms with Crippen molar-refractivity contribution >= 4 is 29.9 Å². The third-order valence-corrected chi connectivity index (χ3v) is 4.03. The number of imidazole rings is 1. The van der Waals surface area contributed by atoms with Crippen LogP contribution in [0.1, 0.15) is 44.6 Å². The van der Waals surface area contributed by atoms with Crippen LogP contribution >= 0.6 is 24.0 Å². The molecule has 0 atom stereocenters. The zero-order valence-corrected chi connectivity index (χ0v) is 20.2. The number of rotatable bonds is 8. The summed E-state index contributed by atoms with van der Waals surface area (Å²) in [5.41, 5.74) is 2.30. The van der Waals surface area contributed by atoms with Crippen LogP contribution in [-0.4, -0.2) is 28.7 Å². The van der Waals surface area contributed by atoms with Crippen LogP contribution in [0.4, 0.5) is 0 Å². The van der Waals surface area contributed by atoms with Gasteiger partial charge in [0.1, 0.15) is 11.6 Å². The largest absolute Gasteiger partial charge is 0.491 e. The van der Waals surface area contributed by atoms with Crippen molar-refractivity contribution in [2.24, 2.45) is 10.9 Å². The topological polar surface area (TPSA) is 63.5 Å². The van der Waals surface area contributed by atoms with Crippen LogP contribution in [0.15, 0.2) is 35.6 Å². The molecule has 0 aliphatic rings. The Hall–Kier alpha value is -1.77. The van der Waals surface area contributed by atoms with Crippen LogP contribution in [0.5, 0.6) is 5.75 Å². The zero-order chi connectivity index (χ0) is 19.8. The normalized spacial score (nSPS) is 11.5. The van der Waals surface area contributed by atoms with E-state index in [4.69, 9.17) is 4.74 Å². The molecule has 28 heavy (non-hydrogen) atoms. The van der Waals surface area contributed by atoms with Gasteiger partial charge >= 0.3 is 0 Å². The minimum atomic E-state index is 0. The van der Waals surface area contributed by atoms with E-state index in [0.29, 0.717) is 19.0 Å². The van der Waals surface area contributed by atoms with Crippen molar-refractivity contribution in [2.75, 3.05) is 7.05 Å².